The van der Waals surface area contributed by atoms with Crippen LogP contribution in [-0.2, 0) is 6.18 Å². The molecule has 1 aromatic carbocycles. The van der Waals surface area contributed by atoms with Crippen molar-refractivity contribution in [2.24, 2.45) is 0 Å². The van der Waals surface area contributed by atoms with Crippen molar-refractivity contribution in [3.05, 3.63) is 82.8 Å². The molecule has 0 saturated carbocycles. The minimum atomic E-state index is -4.62. The summed E-state index contributed by atoms with van der Waals surface area (Å²) in [7, 11) is 0. The van der Waals surface area contributed by atoms with Crippen molar-refractivity contribution in [1.29, 1.82) is 0 Å². The monoisotopic (exact) mass is 459 g/mol. The van der Waals surface area contributed by atoms with E-state index in [9.17, 15) is 22.0 Å². The normalized spacial score (nSPS) is 11.6. The molecule has 170 valence electrons. The Morgan fingerprint density at radius 1 is 0.848 bits per heavy atom. The highest BCUT2D eigenvalue weighted by Gasteiger charge is 2.34. The topological polar surface area (TPSA) is 57.7 Å². The predicted octanol–water partition coefficient (Wildman–Crippen LogP) is 6.56. The van der Waals surface area contributed by atoms with E-state index < -0.39 is 23.8 Å². The zero-order valence-electron chi connectivity index (χ0n) is 17.8. The molecule has 0 fully saturated rings. The van der Waals surface area contributed by atoms with E-state index in [1.54, 1.807) is 12.1 Å². The Labute approximate surface area is 185 Å². The van der Waals surface area contributed by atoms with E-state index in [-0.39, 0.29) is 22.9 Å². The average Bonchev–Trinajstić information content (AvgIpc) is 3.21. The molecule has 0 aliphatic carbocycles. The molecule has 3 aromatic heterocycles. The number of rotatable bonds is 4. The summed E-state index contributed by atoms with van der Waals surface area (Å²) in [5, 5.41) is 5.90. The van der Waals surface area contributed by atoms with Gasteiger partial charge in [0.2, 0.25) is 11.9 Å². The van der Waals surface area contributed by atoms with Crippen molar-refractivity contribution in [2.75, 3.05) is 4.90 Å². The van der Waals surface area contributed by atoms with Gasteiger partial charge in [-0.3, -0.25) is 10.00 Å². The highest BCUT2D eigenvalue weighted by Crippen LogP contribution is 2.40. The van der Waals surface area contributed by atoms with Gasteiger partial charge >= 0.3 is 6.18 Å². The molecule has 0 amide bonds. The third-order valence-electron chi connectivity index (χ3n) is 5.01. The van der Waals surface area contributed by atoms with Gasteiger partial charge in [0.05, 0.1) is 16.9 Å². The van der Waals surface area contributed by atoms with Crippen molar-refractivity contribution in [3.8, 4) is 11.3 Å². The number of aromatic nitrogens is 4. The first-order chi connectivity index (χ1) is 15.5. The Kier molecular flexibility index (Phi) is 5.61. The van der Waals surface area contributed by atoms with Crippen molar-refractivity contribution in [2.45, 2.75) is 26.9 Å². The van der Waals surface area contributed by atoms with E-state index in [1.165, 1.54) is 17.0 Å². The highest BCUT2D eigenvalue weighted by atomic mass is 19.4. The standard InChI is InChI=1S/C23H18F5N5/c1-12-9-13(2)21(14(3)10-12)33(20-11-17(31-32-20)23(26,27)28)19-6-4-5-16(29-19)15-7-8-18(24)30-22(15)25/h4-11H,1-3H3,(H,31,32). The van der Waals surface area contributed by atoms with Crippen LogP contribution in [0.4, 0.5) is 39.3 Å². The lowest BCUT2D eigenvalue weighted by Crippen LogP contribution is -2.15. The molecule has 0 unspecified atom stereocenters. The van der Waals surface area contributed by atoms with E-state index in [1.807, 2.05) is 38.0 Å². The third-order valence-corrected chi connectivity index (χ3v) is 5.01. The molecule has 0 aliphatic heterocycles. The number of nitrogens with zero attached hydrogens (tertiary/aromatic N) is 4. The van der Waals surface area contributed by atoms with Crippen molar-refractivity contribution in [1.82, 2.24) is 20.2 Å². The quantitative estimate of drug-likeness (QED) is 0.277. The Hall–Kier alpha value is -3.82. The number of pyridine rings is 2. The Bertz CT molecular complexity index is 1310. The van der Waals surface area contributed by atoms with Crippen LogP contribution in [0.25, 0.3) is 11.3 Å². The minimum absolute atomic E-state index is 0.0419. The van der Waals surface area contributed by atoms with Crippen LogP contribution in [0.3, 0.4) is 0 Å². The third kappa shape index (κ3) is 4.41. The van der Waals surface area contributed by atoms with E-state index in [0.717, 1.165) is 28.8 Å². The summed E-state index contributed by atoms with van der Waals surface area (Å²) in [5.41, 5.74) is 2.20. The lowest BCUT2D eigenvalue weighted by molar-refractivity contribution is -0.141. The number of H-pyrrole nitrogens is 1. The van der Waals surface area contributed by atoms with Gasteiger partial charge in [-0.05, 0) is 56.2 Å². The number of benzene rings is 1. The number of halogens is 5. The second-order valence-corrected chi connectivity index (χ2v) is 7.57. The second kappa shape index (κ2) is 8.27. The maximum atomic E-state index is 14.3. The smallest absolute Gasteiger partial charge is 0.277 e. The van der Waals surface area contributed by atoms with Gasteiger partial charge in [0.15, 0.2) is 5.82 Å². The first-order valence-electron chi connectivity index (χ1n) is 9.84. The van der Waals surface area contributed by atoms with Gasteiger partial charge in [0.25, 0.3) is 0 Å². The Morgan fingerprint density at radius 2 is 1.55 bits per heavy atom. The molecule has 4 rings (SSSR count). The molecule has 10 heteroatoms. The fourth-order valence-corrected chi connectivity index (χ4v) is 3.74. The molecule has 5 nitrogen and oxygen atoms in total. The summed E-state index contributed by atoms with van der Waals surface area (Å²) >= 11 is 0. The van der Waals surface area contributed by atoms with Crippen LogP contribution >= 0.6 is 0 Å². The molecular weight excluding hydrogens is 441 g/mol. The number of nitrogens with one attached hydrogen (secondary N) is 1. The number of hydrogen-bond acceptors (Lipinski definition) is 4. The van der Waals surface area contributed by atoms with E-state index in [4.69, 9.17) is 0 Å². The average molecular weight is 459 g/mol. The first kappa shape index (κ1) is 22.4. The Morgan fingerprint density at radius 3 is 2.15 bits per heavy atom. The summed E-state index contributed by atoms with van der Waals surface area (Å²) in [6, 6.07) is 11.5. The number of alkyl halides is 3. The maximum Gasteiger partial charge on any atom is 0.432 e. The summed E-state index contributed by atoms with van der Waals surface area (Å²) in [5.74, 6) is -1.87. The van der Waals surface area contributed by atoms with Crippen LogP contribution in [0.15, 0.2) is 48.5 Å². The molecule has 0 atom stereocenters. The zero-order chi connectivity index (χ0) is 23.9. The molecule has 1 N–H and O–H groups in total. The highest BCUT2D eigenvalue weighted by molar-refractivity contribution is 5.78. The van der Waals surface area contributed by atoms with Crippen LogP contribution in [0.2, 0.25) is 0 Å². The van der Waals surface area contributed by atoms with E-state index >= 15 is 0 Å². The van der Waals surface area contributed by atoms with Crippen LogP contribution in [-0.4, -0.2) is 20.2 Å². The van der Waals surface area contributed by atoms with E-state index in [0.29, 0.717) is 5.69 Å². The molecule has 0 bridgehead atoms. The molecule has 33 heavy (non-hydrogen) atoms. The van der Waals surface area contributed by atoms with Crippen LogP contribution in [0.1, 0.15) is 22.4 Å². The molecule has 0 radical (unpaired) electrons. The summed E-state index contributed by atoms with van der Waals surface area (Å²) in [4.78, 5) is 9.10. The number of aryl methyl sites for hydroxylation is 3. The largest absolute Gasteiger partial charge is 0.432 e. The Balaban J connectivity index is 1.92. The molecule has 0 saturated heterocycles. The van der Waals surface area contributed by atoms with Crippen LogP contribution in [0, 0.1) is 32.7 Å². The molecular formula is C23H18F5N5. The lowest BCUT2D eigenvalue weighted by atomic mass is 10.0. The van der Waals surface area contributed by atoms with Crippen LogP contribution in [0.5, 0.6) is 0 Å². The van der Waals surface area contributed by atoms with Gasteiger partial charge < -0.3 is 0 Å². The fourth-order valence-electron chi connectivity index (χ4n) is 3.74. The van der Waals surface area contributed by atoms with Gasteiger partial charge in [-0.1, -0.05) is 23.8 Å². The van der Waals surface area contributed by atoms with Gasteiger partial charge in [-0.25, -0.2) is 4.98 Å². The number of anilines is 3. The molecule has 0 spiro atoms. The SMILES string of the molecule is Cc1cc(C)c(N(c2cc(C(F)(F)F)[nH]n2)c2cccc(-c3ccc(F)nc3F)n2)c(C)c1. The van der Waals surface area contributed by atoms with E-state index in [2.05, 4.69) is 15.1 Å². The molecule has 4 aromatic rings. The number of aromatic amines is 1. The summed E-state index contributed by atoms with van der Waals surface area (Å²) in [6.07, 6.45) is -4.62. The maximum absolute atomic E-state index is 14.3. The van der Waals surface area contributed by atoms with Gasteiger partial charge in [-0.2, -0.15) is 32.0 Å². The molecule has 0 aliphatic rings. The van der Waals surface area contributed by atoms with Crippen molar-refractivity contribution in [3.63, 3.8) is 0 Å². The molecule has 3 heterocycles. The van der Waals surface area contributed by atoms with Gasteiger partial charge in [-0.15, -0.1) is 0 Å². The second-order valence-electron chi connectivity index (χ2n) is 7.57. The summed E-state index contributed by atoms with van der Waals surface area (Å²) in [6.45, 7) is 5.56. The van der Waals surface area contributed by atoms with Crippen molar-refractivity contribution < 1.29 is 22.0 Å². The van der Waals surface area contributed by atoms with Gasteiger partial charge in [0.1, 0.15) is 11.5 Å². The first-order valence-corrected chi connectivity index (χ1v) is 9.84. The van der Waals surface area contributed by atoms with Crippen molar-refractivity contribution >= 4 is 17.3 Å². The van der Waals surface area contributed by atoms with Crippen LogP contribution < -0.4 is 4.90 Å². The fraction of sp³-hybridized carbons (Fsp3) is 0.174. The predicted molar refractivity (Wildman–Crippen MR) is 113 cm³/mol. The summed E-state index contributed by atoms with van der Waals surface area (Å²) < 4.78 is 67.3. The minimum Gasteiger partial charge on any atom is -0.277 e. The number of hydrogen-bond donors (Lipinski definition) is 1. The van der Waals surface area contributed by atoms with Gasteiger partial charge in [0, 0.05) is 6.07 Å². The zero-order valence-corrected chi connectivity index (χ0v) is 17.8. The lowest BCUT2D eigenvalue weighted by Gasteiger charge is -2.26.